The molecular formula is C18H30N4O2. The number of hydrogen-bond acceptors (Lipinski definition) is 3. The van der Waals surface area contributed by atoms with Gasteiger partial charge in [-0.15, -0.1) is 0 Å². The van der Waals surface area contributed by atoms with Crippen molar-refractivity contribution in [2.45, 2.75) is 82.7 Å². The van der Waals surface area contributed by atoms with E-state index >= 15 is 0 Å². The molecule has 0 aromatic carbocycles. The number of nitriles is 1. The lowest BCUT2D eigenvalue weighted by molar-refractivity contribution is -0.121. The molecule has 0 aromatic heterocycles. The minimum absolute atomic E-state index is 0.0183. The zero-order valence-corrected chi connectivity index (χ0v) is 14.5. The summed E-state index contributed by atoms with van der Waals surface area (Å²) in [4.78, 5) is 24.3. The summed E-state index contributed by atoms with van der Waals surface area (Å²) in [5, 5.41) is 17.3. The van der Waals surface area contributed by atoms with Gasteiger partial charge in [0.15, 0.2) is 0 Å². The molecule has 3 N–H and O–H groups in total. The van der Waals surface area contributed by atoms with Crippen LogP contribution in [0, 0.1) is 17.2 Å². The molecule has 0 saturated heterocycles. The number of nitrogens with one attached hydrogen (secondary N) is 3. The highest BCUT2D eigenvalue weighted by molar-refractivity contribution is 5.79. The Morgan fingerprint density at radius 1 is 1.00 bits per heavy atom. The van der Waals surface area contributed by atoms with Crippen LogP contribution in [0.3, 0.4) is 0 Å². The Morgan fingerprint density at radius 2 is 1.62 bits per heavy atom. The van der Waals surface area contributed by atoms with Crippen LogP contribution >= 0.6 is 0 Å². The summed E-state index contributed by atoms with van der Waals surface area (Å²) in [6.45, 7) is 0.0183. The third-order valence-corrected chi connectivity index (χ3v) is 5.25. The molecule has 1 unspecified atom stereocenters. The molecule has 0 aliphatic heterocycles. The normalized spacial score (nSPS) is 20.6. The molecule has 6 heteroatoms. The first-order valence-corrected chi connectivity index (χ1v) is 9.39. The highest BCUT2D eigenvalue weighted by atomic mass is 16.2. The average Bonchev–Trinajstić information content (AvgIpc) is 2.61. The van der Waals surface area contributed by atoms with Gasteiger partial charge >= 0.3 is 6.03 Å². The summed E-state index contributed by atoms with van der Waals surface area (Å²) in [5.41, 5.74) is 0. The fourth-order valence-electron chi connectivity index (χ4n) is 3.92. The summed E-state index contributed by atoms with van der Waals surface area (Å²) >= 11 is 0. The quantitative estimate of drug-likeness (QED) is 0.652. The topological polar surface area (TPSA) is 94.0 Å². The largest absolute Gasteiger partial charge is 0.343 e. The van der Waals surface area contributed by atoms with E-state index in [1.54, 1.807) is 0 Å². The average molecular weight is 334 g/mol. The number of rotatable bonds is 6. The molecule has 3 amide bonds. The Labute approximate surface area is 144 Å². The Bertz CT molecular complexity index is 448. The van der Waals surface area contributed by atoms with Gasteiger partial charge in [-0.05, 0) is 31.6 Å². The second-order valence-corrected chi connectivity index (χ2v) is 7.10. The first kappa shape index (κ1) is 18.6. The van der Waals surface area contributed by atoms with Gasteiger partial charge in [0.2, 0.25) is 5.91 Å². The Hall–Kier alpha value is -1.77. The highest BCUT2D eigenvalue weighted by Crippen LogP contribution is 2.28. The fourth-order valence-corrected chi connectivity index (χ4v) is 3.92. The zero-order chi connectivity index (χ0) is 17.2. The van der Waals surface area contributed by atoms with E-state index in [1.165, 1.54) is 25.7 Å². The van der Waals surface area contributed by atoms with Crippen LogP contribution in [-0.2, 0) is 4.79 Å². The van der Waals surface area contributed by atoms with Gasteiger partial charge in [0.25, 0.3) is 0 Å². The van der Waals surface area contributed by atoms with E-state index in [0.717, 1.165) is 38.5 Å². The van der Waals surface area contributed by atoms with Crippen molar-refractivity contribution >= 4 is 11.9 Å². The molecule has 2 aliphatic rings. The van der Waals surface area contributed by atoms with Crippen LogP contribution in [0.15, 0.2) is 0 Å². The van der Waals surface area contributed by atoms with Gasteiger partial charge in [-0.1, -0.05) is 38.5 Å². The van der Waals surface area contributed by atoms with Crippen molar-refractivity contribution in [2.75, 3.05) is 6.54 Å². The number of carbonyl (C=O) groups excluding carboxylic acids is 2. The lowest BCUT2D eigenvalue weighted by atomic mass is 9.82. The number of carbonyl (C=O) groups is 2. The monoisotopic (exact) mass is 334 g/mol. The van der Waals surface area contributed by atoms with Crippen LogP contribution in [0.5, 0.6) is 0 Å². The van der Waals surface area contributed by atoms with Gasteiger partial charge in [-0.3, -0.25) is 4.79 Å². The smallest absolute Gasteiger partial charge is 0.315 e. The minimum atomic E-state index is -0.162. The first-order chi connectivity index (χ1) is 11.7. The lowest BCUT2D eigenvalue weighted by Crippen LogP contribution is -2.50. The van der Waals surface area contributed by atoms with Crippen molar-refractivity contribution in [3.63, 3.8) is 0 Å². The molecule has 0 spiro atoms. The predicted molar refractivity (Wildman–Crippen MR) is 92.1 cm³/mol. The van der Waals surface area contributed by atoms with E-state index in [0.29, 0.717) is 5.92 Å². The number of hydrogen-bond donors (Lipinski definition) is 3. The first-order valence-electron chi connectivity index (χ1n) is 9.39. The van der Waals surface area contributed by atoms with Crippen LogP contribution < -0.4 is 16.0 Å². The second kappa shape index (κ2) is 10.2. The maximum Gasteiger partial charge on any atom is 0.315 e. The van der Waals surface area contributed by atoms with Crippen molar-refractivity contribution in [2.24, 2.45) is 5.92 Å². The van der Waals surface area contributed by atoms with Crippen LogP contribution in [0.1, 0.15) is 70.6 Å². The van der Waals surface area contributed by atoms with Gasteiger partial charge < -0.3 is 16.0 Å². The van der Waals surface area contributed by atoms with Gasteiger partial charge in [0.1, 0.15) is 6.54 Å². The van der Waals surface area contributed by atoms with Crippen molar-refractivity contribution in [3.05, 3.63) is 0 Å². The summed E-state index contributed by atoms with van der Waals surface area (Å²) in [6, 6.07) is 1.88. The molecule has 1 atom stereocenters. The van der Waals surface area contributed by atoms with E-state index in [1.807, 2.05) is 6.07 Å². The Balaban J connectivity index is 1.87. The van der Waals surface area contributed by atoms with Gasteiger partial charge in [0.05, 0.1) is 6.07 Å². The molecule has 0 aromatic rings. The molecule has 2 saturated carbocycles. The van der Waals surface area contributed by atoms with Gasteiger partial charge in [0, 0.05) is 18.5 Å². The molecule has 0 radical (unpaired) electrons. The molecule has 2 rings (SSSR count). The van der Waals surface area contributed by atoms with Crippen LogP contribution in [0.2, 0.25) is 0 Å². The summed E-state index contributed by atoms with van der Waals surface area (Å²) < 4.78 is 0. The molecule has 0 heterocycles. The second-order valence-electron chi connectivity index (χ2n) is 7.10. The fraction of sp³-hybridized carbons (Fsp3) is 0.833. The predicted octanol–water partition coefficient (Wildman–Crippen LogP) is 2.60. The van der Waals surface area contributed by atoms with Crippen molar-refractivity contribution in [3.8, 4) is 6.07 Å². The third kappa shape index (κ3) is 6.38. The highest BCUT2D eigenvalue weighted by Gasteiger charge is 2.28. The number of nitrogens with zero attached hydrogens (tertiary/aromatic N) is 1. The Kier molecular flexibility index (Phi) is 7.87. The standard InChI is InChI=1S/C18H30N4O2/c19-11-12-20-17(23)13-16(14-7-3-1-4-8-14)22-18(24)21-15-9-5-2-6-10-15/h14-16H,1-10,12-13H2,(H,20,23)(H2,21,22,24). The van der Waals surface area contributed by atoms with E-state index in [-0.39, 0.29) is 37.0 Å². The maximum atomic E-state index is 12.4. The number of amides is 3. The zero-order valence-electron chi connectivity index (χ0n) is 14.5. The molecule has 134 valence electrons. The van der Waals surface area contributed by atoms with Crippen molar-refractivity contribution < 1.29 is 9.59 Å². The van der Waals surface area contributed by atoms with Crippen LogP contribution in [0.4, 0.5) is 4.79 Å². The lowest BCUT2D eigenvalue weighted by Gasteiger charge is -2.31. The van der Waals surface area contributed by atoms with Gasteiger partial charge in [-0.2, -0.15) is 5.26 Å². The van der Waals surface area contributed by atoms with E-state index < -0.39 is 0 Å². The molecular weight excluding hydrogens is 304 g/mol. The van der Waals surface area contributed by atoms with Crippen molar-refractivity contribution in [1.82, 2.24) is 16.0 Å². The van der Waals surface area contributed by atoms with Crippen LogP contribution in [0.25, 0.3) is 0 Å². The van der Waals surface area contributed by atoms with E-state index in [2.05, 4.69) is 16.0 Å². The Morgan fingerprint density at radius 3 is 2.25 bits per heavy atom. The molecule has 2 fully saturated rings. The maximum absolute atomic E-state index is 12.4. The summed E-state index contributed by atoms with van der Waals surface area (Å²) in [5.74, 6) is 0.189. The van der Waals surface area contributed by atoms with Crippen LogP contribution in [-0.4, -0.2) is 30.6 Å². The van der Waals surface area contributed by atoms with Gasteiger partial charge in [-0.25, -0.2) is 4.79 Å². The molecule has 6 nitrogen and oxygen atoms in total. The molecule has 2 aliphatic carbocycles. The SMILES string of the molecule is N#CCNC(=O)CC(NC(=O)NC1CCCCC1)C1CCCCC1. The molecule has 24 heavy (non-hydrogen) atoms. The summed E-state index contributed by atoms with van der Waals surface area (Å²) in [6.07, 6.45) is 11.6. The number of urea groups is 1. The molecule has 0 bridgehead atoms. The summed E-state index contributed by atoms with van der Waals surface area (Å²) in [7, 11) is 0. The van der Waals surface area contributed by atoms with E-state index in [4.69, 9.17) is 5.26 Å². The van der Waals surface area contributed by atoms with Crippen molar-refractivity contribution in [1.29, 1.82) is 5.26 Å². The van der Waals surface area contributed by atoms with E-state index in [9.17, 15) is 9.59 Å². The third-order valence-electron chi connectivity index (χ3n) is 5.25. The minimum Gasteiger partial charge on any atom is -0.343 e.